The molecule has 0 saturated heterocycles. The first-order chi connectivity index (χ1) is 9.13. The Kier molecular flexibility index (Phi) is 4.72. The maximum absolute atomic E-state index is 14.0. The first kappa shape index (κ1) is 14.2. The molecule has 19 heavy (non-hydrogen) atoms. The van der Waals surface area contributed by atoms with Crippen molar-refractivity contribution >= 4 is 15.9 Å². The van der Waals surface area contributed by atoms with E-state index < -0.39 is 0 Å². The summed E-state index contributed by atoms with van der Waals surface area (Å²) in [6, 6.07) is 12.9. The molecule has 0 aliphatic heterocycles. The van der Waals surface area contributed by atoms with Crippen molar-refractivity contribution in [2.45, 2.75) is 19.9 Å². The van der Waals surface area contributed by atoms with Crippen LogP contribution in [0.4, 0.5) is 4.39 Å². The van der Waals surface area contributed by atoms with Gasteiger partial charge >= 0.3 is 0 Å². The lowest BCUT2D eigenvalue weighted by atomic mass is 9.94. The predicted octanol–water partition coefficient (Wildman–Crippen LogP) is 4.60. The topological polar surface area (TPSA) is 12.0 Å². The molecular formula is C16H17BrFN. The number of nitrogens with one attached hydrogen (secondary N) is 1. The third-order valence-corrected chi connectivity index (χ3v) is 3.66. The maximum atomic E-state index is 14.0. The molecule has 1 N–H and O–H groups in total. The van der Waals surface area contributed by atoms with Crippen LogP contribution in [0.2, 0.25) is 0 Å². The van der Waals surface area contributed by atoms with E-state index in [9.17, 15) is 4.39 Å². The van der Waals surface area contributed by atoms with Gasteiger partial charge in [0.15, 0.2) is 0 Å². The SMILES string of the molecule is CCNC(c1ccc(Br)cc1C)c1ccccc1F. The first-order valence-corrected chi connectivity index (χ1v) is 7.16. The Morgan fingerprint density at radius 1 is 1.16 bits per heavy atom. The Hall–Kier alpha value is -1.19. The van der Waals surface area contributed by atoms with Gasteiger partial charge in [-0.15, -0.1) is 0 Å². The zero-order valence-corrected chi connectivity index (χ0v) is 12.7. The number of aryl methyl sites for hydroxylation is 1. The van der Waals surface area contributed by atoms with Gasteiger partial charge in [0, 0.05) is 10.0 Å². The zero-order chi connectivity index (χ0) is 13.8. The minimum Gasteiger partial charge on any atom is -0.306 e. The van der Waals surface area contributed by atoms with Crippen molar-refractivity contribution in [2.75, 3.05) is 6.54 Å². The fourth-order valence-electron chi connectivity index (χ4n) is 2.26. The highest BCUT2D eigenvalue weighted by Crippen LogP contribution is 2.28. The monoisotopic (exact) mass is 321 g/mol. The van der Waals surface area contributed by atoms with E-state index in [1.54, 1.807) is 6.07 Å². The Morgan fingerprint density at radius 2 is 1.89 bits per heavy atom. The molecule has 2 aromatic rings. The minimum absolute atomic E-state index is 0.112. The van der Waals surface area contributed by atoms with Gasteiger partial charge in [-0.3, -0.25) is 0 Å². The summed E-state index contributed by atoms with van der Waals surface area (Å²) < 4.78 is 15.0. The van der Waals surface area contributed by atoms with Crippen LogP contribution in [0.3, 0.4) is 0 Å². The summed E-state index contributed by atoms with van der Waals surface area (Å²) in [4.78, 5) is 0. The molecule has 2 aromatic carbocycles. The van der Waals surface area contributed by atoms with E-state index >= 15 is 0 Å². The highest BCUT2D eigenvalue weighted by Gasteiger charge is 2.18. The van der Waals surface area contributed by atoms with E-state index in [4.69, 9.17) is 0 Å². The average Bonchev–Trinajstić information content (AvgIpc) is 2.38. The van der Waals surface area contributed by atoms with Crippen LogP contribution in [0, 0.1) is 12.7 Å². The lowest BCUT2D eigenvalue weighted by Crippen LogP contribution is -2.23. The van der Waals surface area contributed by atoms with Gasteiger partial charge in [-0.25, -0.2) is 4.39 Å². The van der Waals surface area contributed by atoms with E-state index in [0.29, 0.717) is 5.56 Å². The molecule has 0 spiro atoms. The van der Waals surface area contributed by atoms with Crippen LogP contribution in [0.25, 0.3) is 0 Å². The van der Waals surface area contributed by atoms with Gasteiger partial charge in [-0.05, 0) is 42.8 Å². The highest BCUT2D eigenvalue weighted by molar-refractivity contribution is 9.10. The second-order valence-corrected chi connectivity index (χ2v) is 5.43. The van der Waals surface area contributed by atoms with Crippen LogP contribution in [-0.4, -0.2) is 6.54 Å². The van der Waals surface area contributed by atoms with E-state index in [1.807, 2.05) is 38.1 Å². The van der Waals surface area contributed by atoms with Crippen molar-refractivity contribution in [1.82, 2.24) is 5.32 Å². The van der Waals surface area contributed by atoms with Crippen molar-refractivity contribution < 1.29 is 4.39 Å². The molecule has 2 rings (SSSR count). The van der Waals surface area contributed by atoms with Gasteiger partial charge in [-0.1, -0.05) is 47.1 Å². The normalized spacial score (nSPS) is 12.4. The second kappa shape index (κ2) is 6.31. The van der Waals surface area contributed by atoms with Crippen molar-refractivity contribution in [2.24, 2.45) is 0 Å². The van der Waals surface area contributed by atoms with Crippen molar-refractivity contribution in [3.05, 3.63) is 69.4 Å². The quantitative estimate of drug-likeness (QED) is 0.868. The van der Waals surface area contributed by atoms with E-state index in [0.717, 1.165) is 22.1 Å². The van der Waals surface area contributed by atoms with Crippen LogP contribution >= 0.6 is 15.9 Å². The molecule has 0 amide bonds. The molecule has 1 unspecified atom stereocenters. The van der Waals surface area contributed by atoms with Crippen molar-refractivity contribution in [3.8, 4) is 0 Å². The number of benzene rings is 2. The van der Waals surface area contributed by atoms with E-state index in [-0.39, 0.29) is 11.9 Å². The smallest absolute Gasteiger partial charge is 0.128 e. The van der Waals surface area contributed by atoms with Crippen LogP contribution in [0.5, 0.6) is 0 Å². The van der Waals surface area contributed by atoms with Gasteiger partial charge in [0.25, 0.3) is 0 Å². The minimum atomic E-state index is -0.171. The first-order valence-electron chi connectivity index (χ1n) is 6.37. The summed E-state index contributed by atoms with van der Waals surface area (Å²) in [7, 11) is 0. The maximum Gasteiger partial charge on any atom is 0.128 e. The summed E-state index contributed by atoms with van der Waals surface area (Å²) in [5, 5.41) is 3.36. The molecule has 0 heterocycles. The van der Waals surface area contributed by atoms with Crippen LogP contribution in [0.1, 0.15) is 29.7 Å². The number of hydrogen-bond acceptors (Lipinski definition) is 1. The molecule has 0 radical (unpaired) electrons. The molecule has 1 nitrogen and oxygen atoms in total. The Balaban J connectivity index is 2.48. The van der Waals surface area contributed by atoms with Crippen molar-refractivity contribution in [3.63, 3.8) is 0 Å². The largest absolute Gasteiger partial charge is 0.306 e. The summed E-state index contributed by atoms with van der Waals surface area (Å²) in [5.41, 5.74) is 2.94. The molecule has 0 aliphatic rings. The fraction of sp³-hybridized carbons (Fsp3) is 0.250. The number of rotatable bonds is 4. The van der Waals surface area contributed by atoms with Gasteiger partial charge in [0.2, 0.25) is 0 Å². The Labute approximate surface area is 122 Å². The van der Waals surface area contributed by atoms with E-state index in [2.05, 4.69) is 27.3 Å². The molecular weight excluding hydrogens is 305 g/mol. The standard InChI is InChI=1S/C16H17BrFN/c1-3-19-16(14-6-4-5-7-15(14)18)13-9-8-12(17)10-11(13)2/h4-10,16,19H,3H2,1-2H3. The van der Waals surface area contributed by atoms with Crippen molar-refractivity contribution in [1.29, 1.82) is 0 Å². The molecule has 0 bridgehead atoms. The number of hydrogen-bond donors (Lipinski definition) is 1. The zero-order valence-electron chi connectivity index (χ0n) is 11.1. The third kappa shape index (κ3) is 3.23. The van der Waals surface area contributed by atoms with E-state index in [1.165, 1.54) is 6.07 Å². The van der Waals surface area contributed by atoms with Gasteiger partial charge in [-0.2, -0.15) is 0 Å². The molecule has 0 aromatic heterocycles. The molecule has 0 aliphatic carbocycles. The van der Waals surface area contributed by atoms with Crippen LogP contribution in [-0.2, 0) is 0 Å². The molecule has 1 atom stereocenters. The summed E-state index contributed by atoms with van der Waals surface area (Å²) in [5.74, 6) is -0.171. The van der Waals surface area contributed by atoms with Crippen LogP contribution < -0.4 is 5.32 Å². The highest BCUT2D eigenvalue weighted by atomic mass is 79.9. The molecule has 0 fully saturated rings. The summed E-state index contributed by atoms with van der Waals surface area (Å²) >= 11 is 3.46. The lowest BCUT2D eigenvalue weighted by Gasteiger charge is -2.21. The Morgan fingerprint density at radius 3 is 2.53 bits per heavy atom. The Bertz CT molecular complexity index is 568. The molecule has 0 saturated carbocycles. The number of halogens is 2. The van der Waals surface area contributed by atoms with Gasteiger partial charge < -0.3 is 5.32 Å². The predicted molar refractivity (Wildman–Crippen MR) is 80.8 cm³/mol. The third-order valence-electron chi connectivity index (χ3n) is 3.17. The summed E-state index contributed by atoms with van der Waals surface area (Å²) in [6.07, 6.45) is 0. The fourth-order valence-corrected chi connectivity index (χ4v) is 2.74. The second-order valence-electron chi connectivity index (χ2n) is 4.51. The average molecular weight is 322 g/mol. The van der Waals surface area contributed by atoms with Gasteiger partial charge in [0.05, 0.1) is 6.04 Å². The lowest BCUT2D eigenvalue weighted by molar-refractivity contribution is 0.558. The van der Waals surface area contributed by atoms with Crippen LogP contribution in [0.15, 0.2) is 46.9 Å². The molecule has 3 heteroatoms. The summed E-state index contributed by atoms with van der Waals surface area (Å²) in [6.45, 7) is 4.86. The molecule has 100 valence electrons. The van der Waals surface area contributed by atoms with Gasteiger partial charge in [0.1, 0.15) is 5.82 Å².